The van der Waals surface area contributed by atoms with E-state index in [1.54, 1.807) is 6.08 Å². The standard InChI is InChI=1S/C32H53N5O5/c1-7-10-14-23(25(38)28(40)33-22-15-16-22)34-27(39)24-19-21(8-2)20-37(24)29(41)26(31(4,5)6)35-30(42)36-32(9-3)17-12-11-13-18-32/h8,21-24,26H,2,7,9-20H2,1,3-6H3,(H,33,40)(H,34,39)(H2,35,36,42)/t21-,23+,24+,26-/m1/s1. The summed E-state index contributed by atoms with van der Waals surface area (Å²) in [5.74, 6) is -2.26. The van der Waals surface area contributed by atoms with E-state index in [-0.39, 0.29) is 36.0 Å². The van der Waals surface area contributed by atoms with Crippen LogP contribution in [0, 0.1) is 11.3 Å². The number of hydrogen-bond donors (Lipinski definition) is 4. The van der Waals surface area contributed by atoms with Crippen molar-refractivity contribution < 1.29 is 24.0 Å². The van der Waals surface area contributed by atoms with E-state index in [9.17, 15) is 24.0 Å². The van der Waals surface area contributed by atoms with Crippen molar-refractivity contribution in [3.8, 4) is 0 Å². The van der Waals surface area contributed by atoms with Crippen molar-refractivity contribution in [3.63, 3.8) is 0 Å². The highest BCUT2D eigenvalue weighted by Crippen LogP contribution is 2.32. The minimum Gasteiger partial charge on any atom is -0.347 e. The Bertz CT molecular complexity index is 1010. The van der Waals surface area contributed by atoms with E-state index in [2.05, 4.69) is 34.8 Å². The van der Waals surface area contributed by atoms with Crippen LogP contribution < -0.4 is 21.3 Å². The zero-order chi connectivity index (χ0) is 31.1. The topological polar surface area (TPSA) is 137 Å². The Balaban J connectivity index is 1.76. The van der Waals surface area contributed by atoms with Crippen LogP contribution in [0.5, 0.6) is 0 Å². The molecule has 4 N–H and O–H groups in total. The third-order valence-electron chi connectivity index (χ3n) is 9.12. The number of rotatable bonds is 13. The number of ketones is 1. The van der Waals surface area contributed by atoms with Gasteiger partial charge in [-0.05, 0) is 56.3 Å². The molecular weight excluding hydrogens is 534 g/mol. The number of unbranched alkanes of at least 4 members (excludes halogenated alkanes) is 1. The van der Waals surface area contributed by atoms with Crippen LogP contribution >= 0.6 is 0 Å². The minimum absolute atomic E-state index is 0.0321. The fourth-order valence-electron chi connectivity index (χ4n) is 6.14. The fourth-order valence-corrected chi connectivity index (χ4v) is 6.14. The van der Waals surface area contributed by atoms with Gasteiger partial charge in [0.05, 0.1) is 6.04 Å². The largest absolute Gasteiger partial charge is 0.347 e. The van der Waals surface area contributed by atoms with Crippen molar-refractivity contribution in [3.05, 3.63) is 12.7 Å². The van der Waals surface area contributed by atoms with Gasteiger partial charge in [-0.3, -0.25) is 19.2 Å². The summed E-state index contributed by atoms with van der Waals surface area (Å²) in [4.78, 5) is 68.1. The zero-order valence-corrected chi connectivity index (χ0v) is 26.4. The predicted octanol–water partition coefficient (Wildman–Crippen LogP) is 3.74. The Hall–Kier alpha value is -2.91. The number of nitrogens with zero attached hydrogens (tertiary/aromatic N) is 1. The number of hydrogen-bond acceptors (Lipinski definition) is 5. The van der Waals surface area contributed by atoms with Crippen LogP contribution in [-0.4, -0.2) is 70.7 Å². The molecule has 3 fully saturated rings. The maximum atomic E-state index is 14.1. The van der Waals surface area contributed by atoms with Crippen molar-refractivity contribution >= 4 is 29.5 Å². The Morgan fingerprint density at radius 2 is 1.69 bits per heavy atom. The summed E-state index contributed by atoms with van der Waals surface area (Å²) >= 11 is 0. The molecule has 4 atom stereocenters. The Morgan fingerprint density at radius 3 is 2.24 bits per heavy atom. The summed E-state index contributed by atoms with van der Waals surface area (Å²) in [6.45, 7) is 13.9. The first-order valence-corrected chi connectivity index (χ1v) is 16.0. The number of carbonyl (C=O) groups is 5. The highest BCUT2D eigenvalue weighted by atomic mass is 16.2. The van der Waals surface area contributed by atoms with Gasteiger partial charge >= 0.3 is 6.03 Å². The van der Waals surface area contributed by atoms with Gasteiger partial charge in [-0.15, -0.1) is 6.58 Å². The van der Waals surface area contributed by atoms with E-state index < -0.39 is 41.1 Å². The second kappa shape index (κ2) is 14.5. The molecule has 1 aliphatic heterocycles. The summed E-state index contributed by atoms with van der Waals surface area (Å²) in [7, 11) is 0. The lowest BCUT2D eigenvalue weighted by molar-refractivity contribution is -0.144. The van der Waals surface area contributed by atoms with Gasteiger partial charge in [0, 0.05) is 18.1 Å². The molecule has 2 saturated carbocycles. The van der Waals surface area contributed by atoms with Crippen LogP contribution in [0.15, 0.2) is 12.7 Å². The normalized spacial score (nSPS) is 23.3. The maximum absolute atomic E-state index is 14.1. The first-order chi connectivity index (χ1) is 19.8. The number of amides is 5. The molecule has 10 heteroatoms. The second-order valence-corrected chi connectivity index (χ2v) is 13.6. The molecule has 10 nitrogen and oxygen atoms in total. The van der Waals surface area contributed by atoms with Crippen LogP contribution in [0.25, 0.3) is 0 Å². The predicted molar refractivity (Wildman–Crippen MR) is 162 cm³/mol. The molecule has 0 spiro atoms. The molecular formula is C32H53N5O5. The highest BCUT2D eigenvalue weighted by Gasteiger charge is 2.45. The molecule has 2 aliphatic carbocycles. The average molecular weight is 588 g/mol. The summed E-state index contributed by atoms with van der Waals surface area (Å²) < 4.78 is 0. The number of nitrogens with one attached hydrogen (secondary N) is 4. The van der Waals surface area contributed by atoms with E-state index in [0.717, 1.165) is 57.8 Å². The number of likely N-dealkylation sites (tertiary alicyclic amines) is 1. The maximum Gasteiger partial charge on any atom is 0.315 e. The molecule has 1 heterocycles. The van der Waals surface area contributed by atoms with Gasteiger partial charge in [0.1, 0.15) is 12.1 Å². The third-order valence-corrected chi connectivity index (χ3v) is 9.12. The Labute approximate surface area is 251 Å². The van der Waals surface area contributed by atoms with Crippen LogP contribution in [0.2, 0.25) is 0 Å². The van der Waals surface area contributed by atoms with Crippen molar-refractivity contribution in [2.75, 3.05) is 6.54 Å². The molecule has 0 aromatic carbocycles. The minimum atomic E-state index is -0.959. The average Bonchev–Trinajstić information content (AvgIpc) is 3.66. The van der Waals surface area contributed by atoms with E-state index in [4.69, 9.17) is 0 Å². The molecule has 1 saturated heterocycles. The molecule has 42 heavy (non-hydrogen) atoms. The van der Waals surface area contributed by atoms with Crippen molar-refractivity contribution in [1.29, 1.82) is 0 Å². The lowest BCUT2D eigenvalue weighted by atomic mass is 9.80. The van der Waals surface area contributed by atoms with Crippen LogP contribution in [0.1, 0.15) is 112 Å². The monoisotopic (exact) mass is 587 g/mol. The highest BCUT2D eigenvalue weighted by molar-refractivity contribution is 6.38. The zero-order valence-electron chi connectivity index (χ0n) is 26.4. The molecule has 236 valence electrons. The number of urea groups is 1. The quantitative estimate of drug-likeness (QED) is 0.192. The second-order valence-electron chi connectivity index (χ2n) is 13.6. The number of Topliss-reactive ketones (excluding diaryl/α,β-unsaturated/α-hetero) is 1. The Morgan fingerprint density at radius 1 is 1.02 bits per heavy atom. The molecule has 0 unspecified atom stereocenters. The molecule has 0 aromatic heterocycles. The first-order valence-electron chi connectivity index (χ1n) is 16.0. The summed E-state index contributed by atoms with van der Waals surface area (Å²) in [6.07, 6.45) is 11.5. The van der Waals surface area contributed by atoms with Gasteiger partial charge in [0.15, 0.2) is 0 Å². The number of carbonyl (C=O) groups excluding carboxylic acids is 5. The van der Waals surface area contributed by atoms with E-state index in [1.807, 2.05) is 27.7 Å². The fraction of sp³-hybridized carbons (Fsp3) is 0.781. The van der Waals surface area contributed by atoms with Gasteiger partial charge in [-0.2, -0.15) is 0 Å². The van der Waals surface area contributed by atoms with E-state index in [0.29, 0.717) is 19.3 Å². The van der Waals surface area contributed by atoms with Crippen molar-refractivity contribution in [2.24, 2.45) is 11.3 Å². The van der Waals surface area contributed by atoms with Crippen LogP contribution in [-0.2, 0) is 19.2 Å². The molecule has 0 radical (unpaired) electrons. The van der Waals surface area contributed by atoms with Crippen molar-refractivity contribution in [1.82, 2.24) is 26.2 Å². The smallest absolute Gasteiger partial charge is 0.315 e. The van der Waals surface area contributed by atoms with E-state index >= 15 is 0 Å². The third kappa shape index (κ3) is 8.80. The van der Waals surface area contributed by atoms with E-state index in [1.165, 1.54) is 4.90 Å². The Kier molecular flexibility index (Phi) is 11.6. The summed E-state index contributed by atoms with van der Waals surface area (Å²) in [6, 6.07) is -3.03. The lowest BCUT2D eigenvalue weighted by Crippen LogP contribution is -2.62. The molecule has 0 bridgehead atoms. The van der Waals surface area contributed by atoms with Gasteiger partial charge in [0.2, 0.25) is 17.6 Å². The lowest BCUT2D eigenvalue weighted by Gasteiger charge is -2.39. The SMILES string of the molecule is C=C[C@@H]1C[C@@H](C(=O)N[C@@H](CCCC)C(=O)C(=O)NC2CC2)N(C(=O)[C@@H](NC(=O)NC2(CC)CCCCC2)C(C)(C)C)C1. The summed E-state index contributed by atoms with van der Waals surface area (Å²) in [5.41, 5.74) is -0.905. The molecule has 3 aliphatic rings. The molecule has 5 amide bonds. The van der Waals surface area contributed by atoms with Gasteiger partial charge in [-0.1, -0.05) is 72.8 Å². The van der Waals surface area contributed by atoms with Gasteiger partial charge in [-0.25, -0.2) is 4.79 Å². The van der Waals surface area contributed by atoms with Crippen LogP contribution in [0.3, 0.4) is 0 Å². The molecule has 0 aromatic rings. The van der Waals surface area contributed by atoms with Crippen LogP contribution in [0.4, 0.5) is 4.79 Å². The van der Waals surface area contributed by atoms with Gasteiger partial charge in [0.25, 0.3) is 5.91 Å². The summed E-state index contributed by atoms with van der Waals surface area (Å²) in [5, 5.41) is 11.7. The van der Waals surface area contributed by atoms with Crippen molar-refractivity contribution in [2.45, 2.75) is 141 Å². The van der Waals surface area contributed by atoms with Gasteiger partial charge < -0.3 is 26.2 Å². The molecule has 3 rings (SSSR count). The first kappa shape index (κ1) is 33.6.